The van der Waals surface area contributed by atoms with Gasteiger partial charge in [0.25, 0.3) is 0 Å². The monoisotopic (exact) mass is 235 g/mol. The van der Waals surface area contributed by atoms with Gasteiger partial charge in [-0.25, -0.2) is 9.97 Å². The molecule has 1 saturated carbocycles. The molecule has 4 nitrogen and oxygen atoms in total. The van der Waals surface area contributed by atoms with Crippen molar-refractivity contribution in [3.63, 3.8) is 0 Å². The summed E-state index contributed by atoms with van der Waals surface area (Å²) in [5.74, 6) is 1.73. The molecule has 1 aromatic rings. The number of rotatable bonds is 3. The molecule has 0 aromatic carbocycles. The van der Waals surface area contributed by atoms with Gasteiger partial charge in [-0.05, 0) is 20.3 Å². The van der Waals surface area contributed by atoms with Crippen LogP contribution in [0.4, 0.5) is 5.82 Å². The van der Waals surface area contributed by atoms with Gasteiger partial charge in [-0.1, -0.05) is 13.8 Å². The molecule has 0 saturated heterocycles. The van der Waals surface area contributed by atoms with Crippen molar-refractivity contribution in [2.45, 2.75) is 46.3 Å². The SMILES string of the molecule is COC1CC(Nc2cc(C)nc(C)n2)C1(C)C. The zero-order chi connectivity index (χ0) is 12.6. The topological polar surface area (TPSA) is 47.0 Å². The van der Waals surface area contributed by atoms with Gasteiger partial charge in [0.2, 0.25) is 0 Å². The second-order valence-corrected chi connectivity index (χ2v) is 5.42. The Bertz CT molecular complexity index is 397. The summed E-state index contributed by atoms with van der Waals surface area (Å²) < 4.78 is 5.44. The van der Waals surface area contributed by atoms with E-state index < -0.39 is 0 Å². The molecule has 1 fully saturated rings. The van der Waals surface area contributed by atoms with E-state index in [2.05, 4.69) is 29.1 Å². The van der Waals surface area contributed by atoms with Gasteiger partial charge in [0.05, 0.1) is 6.10 Å². The van der Waals surface area contributed by atoms with E-state index in [1.807, 2.05) is 19.9 Å². The third kappa shape index (κ3) is 2.27. The normalized spacial score (nSPS) is 26.4. The third-order valence-corrected chi connectivity index (χ3v) is 3.75. The van der Waals surface area contributed by atoms with Gasteiger partial charge < -0.3 is 10.1 Å². The molecule has 1 aliphatic rings. The summed E-state index contributed by atoms with van der Waals surface area (Å²) in [7, 11) is 1.78. The first-order chi connectivity index (χ1) is 7.93. The van der Waals surface area contributed by atoms with Crippen molar-refractivity contribution >= 4 is 5.82 Å². The minimum Gasteiger partial charge on any atom is -0.381 e. The average molecular weight is 235 g/mol. The number of hydrogen-bond acceptors (Lipinski definition) is 4. The quantitative estimate of drug-likeness (QED) is 0.873. The molecule has 17 heavy (non-hydrogen) atoms. The molecule has 1 N–H and O–H groups in total. The standard InChI is InChI=1S/C13H21N3O/c1-8-6-12(15-9(2)14-8)16-10-7-11(17-5)13(10,3)4/h6,10-11H,7H2,1-5H3,(H,14,15,16). The van der Waals surface area contributed by atoms with Crippen molar-refractivity contribution in [2.24, 2.45) is 5.41 Å². The summed E-state index contributed by atoms with van der Waals surface area (Å²) in [5, 5.41) is 3.48. The fourth-order valence-electron chi connectivity index (χ4n) is 2.50. The molecular weight excluding hydrogens is 214 g/mol. The van der Waals surface area contributed by atoms with Gasteiger partial charge in [-0.3, -0.25) is 0 Å². The Balaban J connectivity index is 2.08. The lowest BCUT2D eigenvalue weighted by molar-refractivity contribution is -0.0795. The van der Waals surface area contributed by atoms with Crippen LogP contribution >= 0.6 is 0 Å². The Hall–Kier alpha value is -1.16. The Morgan fingerprint density at radius 3 is 2.59 bits per heavy atom. The number of hydrogen-bond donors (Lipinski definition) is 1. The highest BCUT2D eigenvalue weighted by atomic mass is 16.5. The molecule has 1 aromatic heterocycles. The maximum absolute atomic E-state index is 5.44. The first kappa shape index (κ1) is 12.3. The molecule has 0 radical (unpaired) electrons. The molecule has 0 aliphatic heterocycles. The highest BCUT2D eigenvalue weighted by Gasteiger charge is 2.48. The first-order valence-corrected chi connectivity index (χ1v) is 6.05. The molecule has 4 heteroatoms. The van der Waals surface area contributed by atoms with Gasteiger partial charge in [0, 0.05) is 30.3 Å². The Labute approximate surface area is 103 Å². The molecular formula is C13H21N3O. The van der Waals surface area contributed by atoms with Crippen molar-refractivity contribution in [1.82, 2.24) is 9.97 Å². The average Bonchev–Trinajstić information content (AvgIpc) is 2.22. The van der Waals surface area contributed by atoms with Crippen molar-refractivity contribution < 1.29 is 4.74 Å². The minimum atomic E-state index is 0.154. The Morgan fingerprint density at radius 2 is 2.06 bits per heavy atom. The van der Waals surface area contributed by atoms with Gasteiger partial charge in [-0.15, -0.1) is 0 Å². The molecule has 1 heterocycles. The van der Waals surface area contributed by atoms with Crippen LogP contribution in [0.5, 0.6) is 0 Å². The summed E-state index contributed by atoms with van der Waals surface area (Å²) in [5.41, 5.74) is 1.15. The minimum absolute atomic E-state index is 0.154. The Morgan fingerprint density at radius 1 is 1.35 bits per heavy atom. The van der Waals surface area contributed by atoms with Crippen molar-refractivity contribution in [3.8, 4) is 0 Å². The second kappa shape index (κ2) is 4.26. The molecule has 0 amide bonds. The van der Waals surface area contributed by atoms with Gasteiger partial charge >= 0.3 is 0 Å². The van der Waals surface area contributed by atoms with Crippen LogP contribution < -0.4 is 5.32 Å². The first-order valence-electron chi connectivity index (χ1n) is 6.05. The largest absolute Gasteiger partial charge is 0.381 e. The van der Waals surface area contributed by atoms with Crippen molar-refractivity contribution in [3.05, 3.63) is 17.6 Å². The van der Waals surface area contributed by atoms with Crippen LogP contribution in [0, 0.1) is 19.3 Å². The number of anilines is 1. The van der Waals surface area contributed by atoms with E-state index in [1.165, 1.54) is 0 Å². The number of aromatic nitrogens is 2. The molecule has 2 unspecified atom stereocenters. The summed E-state index contributed by atoms with van der Waals surface area (Å²) in [4.78, 5) is 8.69. The molecule has 1 aliphatic carbocycles. The molecule has 94 valence electrons. The zero-order valence-electron chi connectivity index (χ0n) is 11.2. The summed E-state index contributed by atoms with van der Waals surface area (Å²) >= 11 is 0. The maximum Gasteiger partial charge on any atom is 0.130 e. The van der Waals surface area contributed by atoms with Crippen LogP contribution in [0.3, 0.4) is 0 Å². The predicted molar refractivity (Wildman–Crippen MR) is 68.1 cm³/mol. The number of ether oxygens (including phenoxy) is 1. The lowest BCUT2D eigenvalue weighted by Gasteiger charge is -2.51. The van der Waals surface area contributed by atoms with Crippen molar-refractivity contribution in [1.29, 1.82) is 0 Å². The number of methoxy groups -OCH3 is 1. The summed E-state index contributed by atoms with van der Waals surface area (Å²) in [6, 6.07) is 2.41. The number of aryl methyl sites for hydroxylation is 2. The van der Waals surface area contributed by atoms with Gasteiger partial charge in [-0.2, -0.15) is 0 Å². The van der Waals surface area contributed by atoms with Crippen LogP contribution in [0.2, 0.25) is 0 Å². The van der Waals surface area contributed by atoms with Crippen LogP contribution in [0.15, 0.2) is 6.07 Å². The van der Waals surface area contributed by atoms with Gasteiger partial charge in [0.1, 0.15) is 11.6 Å². The van der Waals surface area contributed by atoms with Gasteiger partial charge in [0.15, 0.2) is 0 Å². The van der Waals surface area contributed by atoms with Crippen LogP contribution in [-0.4, -0.2) is 29.2 Å². The molecule has 0 bridgehead atoms. The molecule has 2 rings (SSSR count). The zero-order valence-corrected chi connectivity index (χ0v) is 11.2. The van der Waals surface area contributed by atoms with E-state index >= 15 is 0 Å². The van der Waals surface area contributed by atoms with Crippen LogP contribution in [0.1, 0.15) is 31.8 Å². The van der Waals surface area contributed by atoms with E-state index in [0.717, 1.165) is 23.8 Å². The lowest BCUT2D eigenvalue weighted by atomic mass is 9.64. The van der Waals surface area contributed by atoms with E-state index in [0.29, 0.717) is 12.1 Å². The molecule has 2 atom stereocenters. The maximum atomic E-state index is 5.44. The summed E-state index contributed by atoms with van der Waals surface area (Å²) in [6.07, 6.45) is 1.37. The van der Waals surface area contributed by atoms with Crippen LogP contribution in [0.25, 0.3) is 0 Å². The number of nitrogens with zero attached hydrogens (tertiary/aromatic N) is 2. The van der Waals surface area contributed by atoms with Crippen LogP contribution in [-0.2, 0) is 4.74 Å². The van der Waals surface area contributed by atoms with E-state index in [1.54, 1.807) is 7.11 Å². The smallest absolute Gasteiger partial charge is 0.130 e. The fourth-order valence-corrected chi connectivity index (χ4v) is 2.50. The van der Waals surface area contributed by atoms with Crippen molar-refractivity contribution in [2.75, 3.05) is 12.4 Å². The predicted octanol–water partition coefficient (Wildman–Crippen LogP) is 2.32. The third-order valence-electron chi connectivity index (χ3n) is 3.75. The highest BCUT2D eigenvalue weighted by Crippen LogP contribution is 2.43. The fraction of sp³-hybridized carbons (Fsp3) is 0.692. The molecule has 0 spiro atoms. The second-order valence-electron chi connectivity index (χ2n) is 5.42. The number of nitrogens with one attached hydrogen (secondary N) is 1. The van der Waals surface area contributed by atoms with E-state index in [-0.39, 0.29) is 5.41 Å². The lowest BCUT2D eigenvalue weighted by Crippen LogP contribution is -2.57. The Kier molecular flexibility index (Phi) is 3.08. The van der Waals surface area contributed by atoms with E-state index in [4.69, 9.17) is 4.74 Å². The van der Waals surface area contributed by atoms with E-state index in [9.17, 15) is 0 Å². The highest BCUT2D eigenvalue weighted by molar-refractivity contribution is 5.39. The summed E-state index contributed by atoms with van der Waals surface area (Å²) in [6.45, 7) is 8.36.